The molecule has 0 aromatic heterocycles. The zero-order valence-corrected chi connectivity index (χ0v) is 23.4. The van der Waals surface area contributed by atoms with Gasteiger partial charge in [-0.05, 0) is 50.1 Å². The minimum absolute atomic E-state index is 0.00898. The maximum atomic E-state index is 13.8. The summed E-state index contributed by atoms with van der Waals surface area (Å²) < 4.78 is 16.2. The van der Waals surface area contributed by atoms with Crippen LogP contribution in [0, 0.1) is 10.1 Å². The van der Waals surface area contributed by atoms with Gasteiger partial charge in [-0.2, -0.15) is 0 Å². The van der Waals surface area contributed by atoms with Gasteiger partial charge in [-0.25, -0.2) is 0 Å². The topological polar surface area (TPSA) is 120 Å². The molecule has 0 aliphatic carbocycles. The van der Waals surface area contributed by atoms with Gasteiger partial charge in [0.1, 0.15) is 17.5 Å². The molecule has 0 bridgehead atoms. The molecule has 2 amide bonds. The van der Waals surface area contributed by atoms with Crippen molar-refractivity contribution in [2.75, 3.05) is 20.8 Å². The van der Waals surface area contributed by atoms with E-state index in [4.69, 9.17) is 14.2 Å². The van der Waals surface area contributed by atoms with Crippen molar-refractivity contribution in [2.45, 2.75) is 45.3 Å². The van der Waals surface area contributed by atoms with Crippen molar-refractivity contribution in [1.29, 1.82) is 0 Å². The third-order valence-corrected chi connectivity index (χ3v) is 5.97. The van der Waals surface area contributed by atoms with Gasteiger partial charge >= 0.3 is 5.69 Å². The van der Waals surface area contributed by atoms with E-state index in [9.17, 15) is 19.7 Å². The number of rotatable bonds is 12. The van der Waals surface area contributed by atoms with Gasteiger partial charge < -0.3 is 24.4 Å². The second kappa shape index (κ2) is 13.5. The first-order chi connectivity index (χ1) is 19.0. The molecule has 1 N–H and O–H groups in total. The molecule has 1 atom stereocenters. The molecule has 0 saturated carbocycles. The minimum Gasteiger partial charge on any atom is -0.497 e. The van der Waals surface area contributed by atoms with Crippen LogP contribution in [-0.2, 0) is 22.6 Å². The molecule has 40 heavy (non-hydrogen) atoms. The maximum absolute atomic E-state index is 13.8. The summed E-state index contributed by atoms with van der Waals surface area (Å²) in [5.41, 5.74) is 0.914. The van der Waals surface area contributed by atoms with E-state index < -0.39 is 29.0 Å². The number of ether oxygens (including phenoxy) is 3. The number of nitro benzene ring substituents is 1. The molecule has 3 aromatic carbocycles. The number of carbonyl (C=O) groups excluding carboxylic acids is 2. The fourth-order valence-corrected chi connectivity index (χ4v) is 4.10. The first-order valence-corrected chi connectivity index (χ1v) is 12.7. The minimum atomic E-state index is -0.852. The summed E-state index contributed by atoms with van der Waals surface area (Å²) in [7, 11) is 2.87. The number of nitrogens with zero attached hydrogens (tertiary/aromatic N) is 2. The van der Waals surface area contributed by atoms with Crippen LogP contribution in [0.5, 0.6) is 17.2 Å². The van der Waals surface area contributed by atoms with Gasteiger partial charge in [-0.1, -0.05) is 42.5 Å². The zero-order valence-electron chi connectivity index (χ0n) is 23.4. The van der Waals surface area contributed by atoms with Crippen LogP contribution in [0.1, 0.15) is 31.9 Å². The van der Waals surface area contributed by atoms with Crippen LogP contribution in [0.2, 0.25) is 0 Å². The molecule has 3 rings (SSSR count). The Morgan fingerprint density at radius 1 is 0.925 bits per heavy atom. The lowest BCUT2D eigenvalue weighted by Gasteiger charge is -2.33. The molecule has 0 spiro atoms. The van der Waals surface area contributed by atoms with Crippen molar-refractivity contribution < 1.29 is 28.7 Å². The number of benzene rings is 3. The average molecular weight is 550 g/mol. The maximum Gasteiger partial charge on any atom is 0.311 e. The fraction of sp³-hybridized carbons (Fsp3) is 0.333. The summed E-state index contributed by atoms with van der Waals surface area (Å²) in [6, 6.07) is 19.9. The van der Waals surface area contributed by atoms with E-state index in [1.165, 1.54) is 30.2 Å². The Morgan fingerprint density at radius 3 is 2.25 bits per heavy atom. The first kappa shape index (κ1) is 29.9. The van der Waals surface area contributed by atoms with E-state index in [2.05, 4.69) is 5.32 Å². The predicted molar refractivity (Wildman–Crippen MR) is 151 cm³/mol. The van der Waals surface area contributed by atoms with E-state index in [0.29, 0.717) is 5.75 Å². The van der Waals surface area contributed by atoms with E-state index in [1.54, 1.807) is 13.2 Å². The quantitative estimate of drug-likeness (QED) is 0.260. The average Bonchev–Trinajstić information content (AvgIpc) is 2.93. The van der Waals surface area contributed by atoms with E-state index >= 15 is 0 Å². The Balaban J connectivity index is 1.95. The third kappa shape index (κ3) is 8.45. The van der Waals surface area contributed by atoms with Crippen molar-refractivity contribution in [3.05, 3.63) is 94.0 Å². The molecular formula is C30H35N3O7. The van der Waals surface area contributed by atoms with Gasteiger partial charge in [0.25, 0.3) is 5.91 Å². The number of hydrogen-bond donors (Lipinski definition) is 1. The van der Waals surface area contributed by atoms with Gasteiger partial charge in [-0.3, -0.25) is 19.7 Å². The Kier molecular flexibility index (Phi) is 10.1. The Labute approximate surface area is 234 Å². The van der Waals surface area contributed by atoms with E-state index in [1.807, 2.05) is 69.3 Å². The highest BCUT2D eigenvalue weighted by Gasteiger charge is 2.32. The second-order valence-corrected chi connectivity index (χ2v) is 10.2. The van der Waals surface area contributed by atoms with Gasteiger partial charge in [0.05, 0.1) is 19.1 Å². The summed E-state index contributed by atoms with van der Waals surface area (Å²) in [6.45, 7) is 5.36. The van der Waals surface area contributed by atoms with Gasteiger partial charge in [-0.15, -0.1) is 0 Å². The Hall–Kier alpha value is -4.60. The number of carbonyl (C=O) groups is 2. The third-order valence-electron chi connectivity index (χ3n) is 5.97. The molecule has 10 nitrogen and oxygen atoms in total. The predicted octanol–water partition coefficient (Wildman–Crippen LogP) is 4.55. The van der Waals surface area contributed by atoms with Gasteiger partial charge in [0.15, 0.2) is 6.61 Å². The standard InChI is InChI=1S/C30H35N3O7/c1-30(2,3)31-29(35)26(17-21-10-7-6-8-11-21)32(19-22-12-9-13-23(16-22)38-4)28(34)20-40-24-14-15-25(33(36)37)27(18-24)39-5/h6-16,18,26H,17,19-20H2,1-5H3,(H,31,35)/t26-/m0/s1. The molecule has 0 heterocycles. The highest BCUT2D eigenvalue weighted by atomic mass is 16.6. The molecule has 10 heteroatoms. The summed E-state index contributed by atoms with van der Waals surface area (Å²) >= 11 is 0. The van der Waals surface area contributed by atoms with Crippen LogP contribution in [-0.4, -0.2) is 54.0 Å². The molecule has 0 aliphatic heterocycles. The van der Waals surface area contributed by atoms with Crippen molar-refractivity contribution in [3.8, 4) is 17.2 Å². The van der Waals surface area contributed by atoms with Crippen molar-refractivity contribution in [2.24, 2.45) is 0 Å². The fourth-order valence-electron chi connectivity index (χ4n) is 4.10. The molecular weight excluding hydrogens is 514 g/mol. The molecule has 0 unspecified atom stereocenters. The smallest absolute Gasteiger partial charge is 0.311 e. The largest absolute Gasteiger partial charge is 0.497 e. The molecule has 0 fully saturated rings. The Bertz CT molecular complexity index is 1320. The van der Waals surface area contributed by atoms with Gasteiger partial charge in [0.2, 0.25) is 11.7 Å². The molecule has 0 saturated heterocycles. The summed E-state index contributed by atoms with van der Waals surface area (Å²) in [4.78, 5) is 39.5. The van der Waals surface area contributed by atoms with Crippen LogP contribution >= 0.6 is 0 Å². The molecule has 3 aromatic rings. The number of nitro groups is 1. The lowest BCUT2D eigenvalue weighted by molar-refractivity contribution is -0.385. The van der Waals surface area contributed by atoms with E-state index in [-0.39, 0.29) is 36.1 Å². The van der Waals surface area contributed by atoms with Crippen molar-refractivity contribution in [1.82, 2.24) is 10.2 Å². The monoisotopic (exact) mass is 549 g/mol. The summed E-state index contributed by atoms with van der Waals surface area (Å²) in [5.74, 6) is 0.109. The number of methoxy groups -OCH3 is 2. The van der Waals surface area contributed by atoms with Crippen molar-refractivity contribution >= 4 is 17.5 Å². The van der Waals surface area contributed by atoms with Crippen molar-refractivity contribution in [3.63, 3.8) is 0 Å². The van der Waals surface area contributed by atoms with E-state index in [0.717, 1.165) is 11.1 Å². The number of amides is 2. The molecule has 0 radical (unpaired) electrons. The van der Waals surface area contributed by atoms with Gasteiger partial charge in [0, 0.05) is 30.6 Å². The highest BCUT2D eigenvalue weighted by molar-refractivity contribution is 5.89. The van der Waals surface area contributed by atoms with Crippen LogP contribution in [0.25, 0.3) is 0 Å². The lowest BCUT2D eigenvalue weighted by atomic mass is 10.0. The van der Waals surface area contributed by atoms with Crippen LogP contribution in [0.4, 0.5) is 5.69 Å². The number of nitrogens with one attached hydrogen (secondary N) is 1. The first-order valence-electron chi connectivity index (χ1n) is 12.7. The van der Waals surface area contributed by atoms with Crippen LogP contribution in [0.3, 0.4) is 0 Å². The molecule has 0 aliphatic rings. The summed E-state index contributed by atoms with van der Waals surface area (Å²) in [5, 5.41) is 14.2. The lowest BCUT2D eigenvalue weighted by Crippen LogP contribution is -2.55. The number of hydrogen-bond acceptors (Lipinski definition) is 7. The normalized spacial score (nSPS) is 11.7. The molecule has 212 valence electrons. The Morgan fingerprint density at radius 2 is 1.62 bits per heavy atom. The summed E-state index contributed by atoms with van der Waals surface area (Å²) in [6.07, 6.45) is 0.282. The zero-order chi connectivity index (χ0) is 29.3. The van der Waals surface area contributed by atoms with Crippen LogP contribution in [0.15, 0.2) is 72.8 Å². The highest BCUT2D eigenvalue weighted by Crippen LogP contribution is 2.31. The second-order valence-electron chi connectivity index (χ2n) is 10.2. The SMILES string of the molecule is COc1cccc(CN(C(=O)COc2ccc([N+](=O)[O-])c(OC)c2)[C@@H](Cc2ccccc2)C(=O)NC(C)(C)C)c1. The van der Waals surface area contributed by atoms with Crippen LogP contribution < -0.4 is 19.5 Å².